The molecule has 0 unspecified atom stereocenters. The van der Waals surface area contributed by atoms with Crippen molar-refractivity contribution in [2.75, 3.05) is 18.6 Å². The van der Waals surface area contributed by atoms with E-state index in [9.17, 15) is 0 Å². The van der Waals surface area contributed by atoms with Gasteiger partial charge in [0.05, 0.1) is 6.10 Å². The summed E-state index contributed by atoms with van der Waals surface area (Å²) in [4.78, 5) is 16.2. The molecule has 2 aromatic rings. The molecule has 134 valence electrons. The van der Waals surface area contributed by atoms with Crippen LogP contribution < -0.4 is 4.90 Å². The molecular weight excluding hydrogens is 312 g/mol. The monoisotopic (exact) mass is 340 g/mol. The van der Waals surface area contributed by atoms with Gasteiger partial charge < -0.3 is 9.64 Å². The minimum absolute atomic E-state index is 0.104. The zero-order chi connectivity index (χ0) is 18.0. The molecule has 5 nitrogen and oxygen atoms in total. The summed E-state index contributed by atoms with van der Waals surface area (Å²) in [6.45, 7) is 9.50. The molecule has 0 amide bonds. The zero-order valence-electron chi connectivity index (χ0n) is 15.9. The van der Waals surface area contributed by atoms with Crippen molar-refractivity contribution in [1.29, 1.82) is 0 Å². The lowest BCUT2D eigenvalue weighted by atomic mass is 9.64. The topological polar surface area (TPSA) is 51.1 Å². The van der Waals surface area contributed by atoms with Crippen molar-refractivity contribution >= 4 is 5.82 Å². The number of aromatic nitrogens is 3. The molecule has 0 aliphatic heterocycles. The van der Waals surface area contributed by atoms with Gasteiger partial charge in [0.2, 0.25) is 0 Å². The van der Waals surface area contributed by atoms with Gasteiger partial charge in [-0.25, -0.2) is 9.97 Å². The van der Waals surface area contributed by atoms with Crippen LogP contribution in [0.3, 0.4) is 0 Å². The van der Waals surface area contributed by atoms with Crippen molar-refractivity contribution in [1.82, 2.24) is 15.0 Å². The largest absolute Gasteiger partial charge is 0.378 e. The summed E-state index contributed by atoms with van der Waals surface area (Å²) in [5.74, 6) is 1.65. The fourth-order valence-electron chi connectivity index (χ4n) is 3.62. The van der Waals surface area contributed by atoms with Crippen LogP contribution in [0.25, 0.3) is 11.5 Å². The number of anilines is 1. The molecule has 0 aromatic carbocycles. The molecule has 0 spiro atoms. The lowest BCUT2D eigenvalue weighted by Gasteiger charge is -2.55. The van der Waals surface area contributed by atoms with Gasteiger partial charge in [-0.3, -0.25) is 4.98 Å². The van der Waals surface area contributed by atoms with Crippen molar-refractivity contribution in [3.8, 4) is 11.5 Å². The lowest BCUT2D eigenvalue weighted by molar-refractivity contribution is -0.104. The number of ether oxygens (including phenoxy) is 1. The second-order valence-electron chi connectivity index (χ2n) is 7.24. The van der Waals surface area contributed by atoms with E-state index in [-0.39, 0.29) is 5.41 Å². The molecule has 0 radical (unpaired) electrons. The summed E-state index contributed by atoms with van der Waals surface area (Å²) in [7, 11) is 2.12. The predicted molar refractivity (Wildman–Crippen MR) is 101 cm³/mol. The van der Waals surface area contributed by atoms with E-state index in [2.05, 4.69) is 55.7 Å². The maximum Gasteiger partial charge on any atom is 0.180 e. The van der Waals surface area contributed by atoms with Crippen LogP contribution in [0.15, 0.2) is 30.5 Å². The molecule has 0 bridgehead atoms. The Bertz CT molecular complexity index is 717. The average Bonchev–Trinajstić information content (AvgIpc) is 2.64. The Hall–Kier alpha value is -2.01. The first-order valence-electron chi connectivity index (χ1n) is 9.11. The molecule has 2 heterocycles. The Morgan fingerprint density at radius 1 is 1.24 bits per heavy atom. The fraction of sp³-hybridized carbons (Fsp3) is 0.550. The normalized spacial score (nSPS) is 21.6. The summed E-state index contributed by atoms with van der Waals surface area (Å²) >= 11 is 0. The Morgan fingerprint density at radius 2 is 2.04 bits per heavy atom. The van der Waals surface area contributed by atoms with Crippen LogP contribution in [0.5, 0.6) is 0 Å². The van der Waals surface area contributed by atoms with E-state index in [0.717, 1.165) is 36.7 Å². The molecule has 3 rings (SSSR count). The molecule has 1 aliphatic rings. The highest BCUT2D eigenvalue weighted by molar-refractivity contribution is 5.54. The van der Waals surface area contributed by atoms with E-state index < -0.39 is 0 Å². The van der Waals surface area contributed by atoms with Gasteiger partial charge in [0.25, 0.3) is 0 Å². The molecule has 0 N–H and O–H groups in total. The number of hydrogen-bond acceptors (Lipinski definition) is 5. The molecule has 2 aromatic heterocycles. The van der Waals surface area contributed by atoms with Gasteiger partial charge in [0, 0.05) is 43.1 Å². The van der Waals surface area contributed by atoms with Crippen molar-refractivity contribution in [3.05, 3.63) is 36.2 Å². The van der Waals surface area contributed by atoms with E-state index in [1.54, 1.807) is 6.20 Å². The Kier molecular flexibility index (Phi) is 5.04. The van der Waals surface area contributed by atoms with Gasteiger partial charge >= 0.3 is 0 Å². The van der Waals surface area contributed by atoms with E-state index in [1.807, 2.05) is 18.2 Å². The highest BCUT2D eigenvalue weighted by Crippen LogP contribution is 2.46. The minimum Gasteiger partial charge on any atom is -0.378 e. The molecule has 2 atom stereocenters. The van der Waals surface area contributed by atoms with E-state index in [0.29, 0.717) is 18.0 Å². The molecule has 25 heavy (non-hydrogen) atoms. The van der Waals surface area contributed by atoms with Crippen LogP contribution >= 0.6 is 0 Å². The van der Waals surface area contributed by atoms with Gasteiger partial charge in [-0.15, -0.1) is 0 Å². The summed E-state index contributed by atoms with van der Waals surface area (Å²) < 4.78 is 5.88. The van der Waals surface area contributed by atoms with Crippen LogP contribution in [0.4, 0.5) is 5.82 Å². The lowest BCUT2D eigenvalue weighted by Crippen LogP contribution is -2.61. The smallest absolute Gasteiger partial charge is 0.180 e. The molecule has 0 saturated heterocycles. The average molecular weight is 340 g/mol. The van der Waals surface area contributed by atoms with Crippen molar-refractivity contribution in [3.63, 3.8) is 0 Å². The Morgan fingerprint density at radius 3 is 2.64 bits per heavy atom. The van der Waals surface area contributed by atoms with Gasteiger partial charge in [0.1, 0.15) is 11.5 Å². The summed E-state index contributed by atoms with van der Waals surface area (Å²) in [6, 6.07) is 8.33. The number of hydrogen-bond donors (Lipinski definition) is 0. The molecule has 5 heteroatoms. The van der Waals surface area contributed by atoms with Crippen LogP contribution in [-0.2, 0) is 11.2 Å². The number of rotatable bonds is 6. The first-order chi connectivity index (χ1) is 12.0. The van der Waals surface area contributed by atoms with Crippen molar-refractivity contribution in [2.45, 2.75) is 52.7 Å². The van der Waals surface area contributed by atoms with Crippen LogP contribution in [0.2, 0.25) is 0 Å². The molecule has 1 fully saturated rings. The SMILES string of the molecule is CCO[C@H]1C[C@@H](N(C)c2cc(CC)nc(-c3ccccn3)n2)C1(C)C. The highest BCUT2D eigenvalue weighted by Gasteiger charge is 2.51. The van der Waals surface area contributed by atoms with Gasteiger partial charge in [-0.1, -0.05) is 26.8 Å². The Labute approximate surface area is 150 Å². The number of pyridine rings is 1. The number of nitrogens with zero attached hydrogens (tertiary/aromatic N) is 4. The van der Waals surface area contributed by atoms with Crippen molar-refractivity contribution < 1.29 is 4.74 Å². The molecule has 1 aliphatic carbocycles. The first kappa shape index (κ1) is 17.8. The second-order valence-corrected chi connectivity index (χ2v) is 7.24. The van der Waals surface area contributed by atoms with E-state index >= 15 is 0 Å². The second kappa shape index (κ2) is 7.08. The highest BCUT2D eigenvalue weighted by atomic mass is 16.5. The van der Waals surface area contributed by atoms with Crippen molar-refractivity contribution in [2.24, 2.45) is 5.41 Å². The summed E-state index contributed by atoms with van der Waals surface area (Å²) in [6.07, 6.45) is 4.00. The van der Waals surface area contributed by atoms with Gasteiger partial charge in [-0.2, -0.15) is 0 Å². The maximum absolute atomic E-state index is 5.88. The third-order valence-electron chi connectivity index (χ3n) is 5.34. The third kappa shape index (κ3) is 3.38. The first-order valence-corrected chi connectivity index (χ1v) is 9.11. The quantitative estimate of drug-likeness (QED) is 0.802. The van der Waals surface area contributed by atoms with Gasteiger partial charge in [-0.05, 0) is 31.9 Å². The van der Waals surface area contributed by atoms with Crippen LogP contribution in [0, 0.1) is 5.41 Å². The maximum atomic E-state index is 5.88. The van der Waals surface area contributed by atoms with E-state index in [4.69, 9.17) is 9.72 Å². The standard InChI is InChI=1S/C20H28N4O/c1-6-14-12-18(23-19(22-14)15-10-8-9-11-21-15)24(5)16-13-17(25-7-2)20(16,3)4/h8-12,16-17H,6-7,13H2,1-5H3/t16-,17+/m1/s1. The summed E-state index contributed by atoms with van der Waals surface area (Å²) in [5, 5.41) is 0. The Balaban J connectivity index is 1.89. The zero-order valence-corrected chi connectivity index (χ0v) is 15.9. The van der Waals surface area contributed by atoms with Gasteiger partial charge in [0.15, 0.2) is 5.82 Å². The predicted octanol–water partition coefficient (Wildman–Crippen LogP) is 3.74. The molecule has 1 saturated carbocycles. The third-order valence-corrected chi connectivity index (χ3v) is 5.34. The fourth-order valence-corrected chi connectivity index (χ4v) is 3.62. The summed E-state index contributed by atoms with van der Waals surface area (Å²) in [5.41, 5.74) is 1.95. The minimum atomic E-state index is 0.104. The van der Waals surface area contributed by atoms with Crippen LogP contribution in [0.1, 0.15) is 39.8 Å². The number of aryl methyl sites for hydroxylation is 1. The van der Waals surface area contributed by atoms with Crippen LogP contribution in [-0.4, -0.2) is 40.8 Å². The van der Waals surface area contributed by atoms with E-state index in [1.165, 1.54) is 0 Å². The molecular formula is C20H28N4O.